The Bertz CT molecular complexity index is 616. The minimum absolute atomic E-state index is 0.00142. The molecule has 1 aromatic carbocycles. The Hall–Kier alpha value is -1.51. The number of halogens is 1. The fraction of sp³-hybridized carbons (Fsp3) is 0.417. The van der Waals surface area contributed by atoms with E-state index < -0.39 is 16.0 Å². The highest BCUT2D eigenvalue weighted by Crippen LogP contribution is 2.34. The van der Waals surface area contributed by atoms with Crippen LogP contribution in [-0.2, 0) is 14.8 Å². The molecule has 0 atom stereocenters. The van der Waals surface area contributed by atoms with Gasteiger partial charge in [0.25, 0.3) is 0 Å². The van der Waals surface area contributed by atoms with Crippen LogP contribution in [0.4, 0.5) is 0 Å². The van der Waals surface area contributed by atoms with Gasteiger partial charge in [0.2, 0.25) is 10.0 Å². The van der Waals surface area contributed by atoms with Gasteiger partial charge in [-0.1, -0.05) is 11.6 Å². The second-order valence-electron chi connectivity index (χ2n) is 4.03. The summed E-state index contributed by atoms with van der Waals surface area (Å²) in [5.41, 5.74) is 0. The standard InChI is InChI=1S/C12H16ClNO6S/c1-19-9-7-10(20-2)11(6-8(9)13)21(17,18)14-5-3-4-12(15)16/h6-7,14H,3-5H2,1-2H3,(H,15,16). The number of carbonyl (C=O) groups is 1. The molecule has 118 valence electrons. The Kier molecular flexibility index (Phi) is 6.25. The van der Waals surface area contributed by atoms with Gasteiger partial charge in [-0.2, -0.15) is 0 Å². The minimum Gasteiger partial charge on any atom is -0.495 e. The highest BCUT2D eigenvalue weighted by Gasteiger charge is 2.21. The van der Waals surface area contributed by atoms with E-state index in [4.69, 9.17) is 26.2 Å². The van der Waals surface area contributed by atoms with Crippen LogP contribution in [0.25, 0.3) is 0 Å². The molecule has 0 unspecified atom stereocenters. The van der Waals surface area contributed by atoms with Gasteiger partial charge in [-0.3, -0.25) is 4.79 Å². The molecule has 1 rings (SSSR count). The first-order valence-electron chi connectivity index (χ1n) is 5.94. The van der Waals surface area contributed by atoms with Gasteiger partial charge in [-0.05, 0) is 12.5 Å². The molecular formula is C12H16ClNO6S. The molecule has 0 aliphatic heterocycles. The predicted molar refractivity (Wildman–Crippen MR) is 76.6 cm³/mol. The Labute approximate surface area is 127 Å². The summed E-state index contributed by atoms with van der Waals surface area (Å²) in [4.78, 5) is 10.2. The first kappa shape index (κ1) is 17.5. The van der Waals surface area contributed by atoms with Crippen LogP contribution < -0.4 is 14.2 Å². The summed E-state index contributed by atoms with van der Waals surface area (Å²) < 4.78 is 36.6. The van der Waals surface area contributed by atoms with Crippen LogP contribution in [0.15, 0.2) is 17.0 Å². The molecule has 2 N–H and O–H groups in total. The van der Waals surface area contributed by atoms with E-state index in [1.807, 2.05) is 0 Å². The van der Waals surface area contributed by atoms with Crippen LogP contribution in [0.3, 0.4) is 0 Å². The van der Waals surface area contributed by atoms with E-state index in [-0.39, 0.29) is 35.1 Å². The molecule has 0 heterocycles. The number of rotatable bonds is 8. The number of benzene rings is 1. The third-order valence-electron chi connectivity index (χ3n) is 2.59. The molecule has 0 aliphatic rings. The third kappa shape index (κ3) is 4.76. The van der Waals surface area contributed by atoms with Crippen LogP contribution in [0.1, 0.15) is 12.8 Å². The summed E-state index contributed by atoms with van der Waals surface area (Å²) in [5.74, 6) is -0.611. The Morgan fingerprint density at radius 1 is 1.29 bits per heavy atom. The zero-order valence-electron chi connectivity index (χ0n) is 11.6. The molecule has 0 radical (unpaired) electrons. The molecule has 0 saturated carbocycles. The van der Waals surface area contributed by atoms with Crippen molar-refractivity contribution >= 4 is 27.6 Å². The van der Waals surface area contributed by atoms with Crippen molar-refractivity contribution in [3.63, 3.8) is 0 Å². The van der Waals surface area contributed by atoms with E-state index in [0.717, 1.165) is 0 Å². The van der Waals surface area contributed by atoms with Crippen LogP contribution >= 0.6 is 11.6 Å². The molecule has 7 nitrogen and oxygen atoms in total. The lowest BCUT2D eigenvalue weighted by Crippen LogP contribution is -2.25. The van der Waals surface area contributed by atoms with Crippen molar-refractivity contribution in [2.24, 2.45) is 0 Å². The highest BCUT2D eigenvalue weighted by atomic mass is 35.5. The Morgan fingerprint density at radius 3 is 2.43 bits per heavy atom. The number of hydrogen-bond donors (Lipinski definition) is 2. The minimum atomic E-state index is -3.86. The smallest absolute Gasteiger partial charge is 0.303 e. The SMILES string of the molecule is COc1cc(OC)c(S(=O)(=O)NCCCC(=O)O)cc1Cl. The number of methoxy groups -OCH3 is 2. The first-order chi connectivity index (χ1) is 9.81. The Morgan fingerprint density at radius 2 is 1.90 bits per heavy atom. The fourth-order valence-corrected chi connectivity index (χ4v) is 3.12. The van der Waals surface area contributed by atoms with E-state index in [9.17, 15) is 13.2 Å². The van der Waals surface area contributed by atoms with Crippen LogP contribution in [-0.4, -0.2) is 40.3 Å². The maximum Gasteiger partial charge on any atom is 0.303 e. The van der Waals surface area contributed by atoms with Crippen molar-refractivity contribution in [3.05, 3.63) is 17.2 Å². The zero-order chi connectivity index (χ0) is 16.0. The van der Waals surface area contributed by atoms with Crippen molar-refractivity contribution in [2.45, 2.75) is 17.7 Å². The third-order valence-corrected chi connectivity index (χ3v) is 4.36. The number of sulfonamides is 1. The average Bonchev–Trinajstić information content (AvgIpc) is 2.43. The van der Waals surface area contributed by atoms with Gasteiger partial charge in [0.15, 0.2) is 0 Å². The molecule has 0 fully saturated rings. The van der Waals surface area contributed by atoms with Gasteiger partial charge < -0.3 is 14.6 Å². The average molecular weight is 338 g/mol. The number of ether oxygens (including phenoxy) is 2. The summed E-state index contributed by atoms with van der Waals surface area (Å²) >= 11 is 5.92. The fourth-order valence-electron chi connectivity index (χ4n) is 1.57. The van der Waals surface area contributed by atoms with Gasteiger partial charge in [0.05, 0.1) is 19.2 Å². The van der Waals surface area contributed by atoms with E-state index in [1.54, 1.807) is 0 Å². The molecule has 1 aromatic rings. The van der Waals surface area contributed by atoms with Crippen LogP contribution in [0.2, 0.25) is 5.02 Å². The van der Waals surface area contributed by atoms with E-state index >= 15 is 0 Å². The molecule has 0 saturated heterocycles. The largest absolute Gasteiger partial charge is 0.495 e. The van der Waals surface area contributed by atoms with Crippen LogP contribution in [0, 0.1) is 0 Å². The van der Waals surface area contributed by atoms with Gasteiger partial charge in [-0.25, -0.2) is 13.1 Å². The lowest BCUT2D eigenvalue weighted by Gasteiger charge is -2.13. The van der Waals surface area contributed by atoms with Crippen LogP contribution in [0.5, 0.6) is 11.5 Å². The van der Waals surface area contributed by atoms with Crippen molar-refractivity contribution in [1.82, 2.24) is 4.72 Å². The topological polar surface area (TPSA) is 102 Å². The number of aliphatic carboxylic acids is 1. The monoisotopic (exact) mass is 337 g/mol. The molecule has 0 spiro atoms. The summed E-state index contributed by atoms with van der Waals surface area (Å²) in [6.45, 7) is 0.00142. The molecule has 0 bridgehead atoms. The summed E-state index contributed by atoms with van der Waals surface area (Å²) in [6, 6.07) is 2.59. The van der Waals surface area contributed by atoms with Crippen molar-refractivity contribution in [2.75, 3.05) is 20.8 Å². The number of hydrogen-bond acceptors (Lipinski definition) is 5. The number of nitrogens with one attached hydrogen (secondary N) is 1. The van der Waals surface area contributed by atoms with Crippen molar-refractivity contribution in [3.8, 4) is 11.5 Å². The second kappa shape index (κ2) is 7.48. The van der Waals surface area contributed by atoms with Crippen molar-refractivity contribution in [1.29, 1.82) is 0 Å². The van der Waals surface area contributed by atoms with E-state index in [2.05, 4.69) is 4.72 Å². The first-order valence-corrected chi connectivity index (χ1v) is 7.81. The molecule has 0 amide bonds. The molecule has 9 heteroatoms. The maximum atomic E-state index is 12.2. The lowest BCUT2D eigenvalue weighted by molar-refractivity contribution is -0.137. The summed E-state index contributed by atoms with van der Waals surface area (Å²) in [7, 11) is -1.13. The summed E-state index contributed by atoms with van der Waals surface area (Å²) in [5, 5.41) is 8.64. The lowest BCUT2D eigenvalue weighted by atomic mass is 10.3. The molecule has 21 heavy (non-hydrogen) atoms. The number of carboxylic acids is 1. The zero-order valence-corrected chi connectivity index (χ0v) is 13.1. The highest BCUT2D eigenvalue weighted by molar-refractivity contribution is 7.89. The van der Waals surface area contributed by atoms with Gasteiger partial charge in [0, 0.05) is 19.0 Å². The maximum absolute atomic E-state index is 12.2. The number of carboxylic acid groups (broad SMARTS) is 1. The van der Waals surface area contributed by atoms with Gasteiger partial charge >= 0.3 is 5.97 Å². The Balaban J connectivity index is 2.97. The summed E-state index contributed by atoms with van der Waals surface area (Å²) in [6.07, 6.45) is 0.0593. The second-order valence-corrected chi connectivity index (χ2v) is 6.18. The molecular weight excluding hydrogens is 322 g/mol. The predicted octanol–water partition coefficient (Wildman–Crippen LogP) is 1.50. The normalized spacial score (nSPS) is 11.2. The van der Waals surface area contributed by atoms with E-state index in [1.165, 1.54) is 26.4 Å². The van der Waals surface area contributed by atoms with Gasteiger partial charge in [-0.15, -0.1) is 0 Å². The molecule has 0 aliphatic carbocycles. The quantitative estimate of drug-likeness (QED) is 0.697. The van der Waals surface area contributed by atoms with E-state index in [0.29, 0.717) is 5.75 Å². The van der Waals surface area contributed by atoms with Gasteiger partial charge in [0.1, 0.15) is 16.4 Å². The molecule has 0 aromatic heterocycles. The van der Waals surface area contributed by atoms with Crippen molar-refractivity contribution < 1.29 is 27.8 Å².